The normalized spacial score (nSPS) is 18.7. The molecule has 1 amide bonds. The van der Waals surface area contributed by atoms with Crippen LogP contribution in [0.4, 0.5) is 8.78 Å². The molecule has 98 valence electrons. The quantitative estimate of drug-likeness (QED) is 0.873. The van der Waals surface area contributed by atoms with Crippen LogP contribution in [-0.4, -0.2) is 36.1 Å². The lowest BCUT2D eigenvalue weighted by molar-refractivity contribution is 0.0469. The van der Waals surface area contributed by atoms with E-state index in [9.17, 15) is 13.6 Å². The van der Waals surface area contributed by atoms with Crippen molar-refractivity contribution >= 4 is 5.91 Å². The number of piperidine rings is 1. The summed E-state index contributed by atoms with van der Waals surface area (Å²) in [6.45, 7) is 0.694. The van der Waals surface area contributed by atoms with Gasteiger partial charge < -0.3 is 10.6 Å². The maximum absolute atomic E-state index is 13.9. The van der Waals surface area contributed by atoms with E-state index < -0.39 is 5.67 Å². The summed E-state index contributed by atoms with van der Waals surface area (Å²) in [7, 11) is 0. The van der Waals surface area contributed by atoms with Gasteiger partial charge in [-0.1, -0.05) is 0 Å². The molecule has 0 unspecified atom stereocenters. The fourth-order valence-electron chi connectivity index (χ4n) is 2.09. The van der Waals surface area contributed by atoms with Gasteiger partial charge in [0.2, 0.25) is 0 Å². The van der Waals surface area contributed by atoms with E-state index in [-0.39, 0.29) is 31.1 Å². The molecule has 0 bridgehead atoms. The summed E-state index contributed by atoms with van der Waals surface area (Å²) in [5.41, 5.74) is 4.45. The number of carbonyl (C=O) groups is 1. The Morgan fingerprint density at radius 2 is 1.83 bits per heavy atom. The fourth-order valence-corrected chi connectivity index (χ4v) is 2.09. The molecule has 3 nitrogen and oxygen atoms in total. The molecule has 1 fully saturated rings. The van der Waals surface area contributed by atoms with E-state index in [0.717, 1.165) is 0 Å². The molecular weight excluding hydrogens is 238 g/mol. The summed E-state index contributed by atoms with van der Waals surface area (Å²) in [6.07, 6.45) is 0.521. The summed E-state index contributed by atoms with van der Waals surface area (Å²) < 4.78 is 26.6. The van der Waals surface area contributed by atoms with Crippen molar-refractivity contribution in [3.8, 4) is 0 Å². The fraction of sp³-hybridized carbons (Fsp3) is 0.462. The second-order valence-corrected chi connectivity index (χ2v) is 4.65. The number of hydrogen-bond donors (Lipinski definition) is 1. The van der Waals surface area contributed by atoms with Gasteiger partial charge in [0.05, 0.1) is 0 Å². The van der Waals surface area contributed by atoms with Crippen LogP contribution in [0, 0.1) is 5.82 Å². The first-order chi connectivity index (χ1) is 8.54. The Labute approximate surface area is 105 Å². The summed E-state index contributed by atoms with van der Waals surface area (Å²) in [5.74, 6) is -0.565. The third-order valence-electron chi connectivity index (χ3n) is 3.40. The Morgan fingerprint density at radius 3 is 2.33 bits per heavy atom. The van der Waals surface area contributed by atoms with Crippen molar-refractivity contribution in [3.05, 3.63) is 35.6 Å². The van der Waals surface area contributed by atoms with Crippen molar-refractivity contribution < 1.29 is 13.6 Å². The lowest BCUT2D eigenvalue weighted by Crippen LogP contribution is -2.47. The number of amides is 1. The molecule has 0 radical (unpaired) electrons. The van der Waals surface area contributed by atoms with Crippen molar-refractivity contribution in [2.45, 2.75) is 18.5 Å². The van der Waals surface area contributed by atoms with Gasteiger partial charge in [-0.2, -0.15) is 0 Å². The molecule has 1 heterocycles. The lowest BCUT2D eigenvalue weighted by atomic mass is 9.93. The smallest absolute Gasteiger partial charge is 0.253 e. The highest BCUT2D eigenvalue weighted by atomic mass is 19.1. The maximum Gasteiger partial charge on any atom is 0.253 e. The Morgan fingerprint density at radius 1 is 1.28 bits per heavy atom. The summed E-state index contributed by atoms with van der Waals surface area (Å²) >= 11 is 0. The van der Waals surface area contributed by atoms with E-state index in [1.165, 1.54) is 24.3 Å². The number of benzene rings is 1. The maximum atomic E-state index is 13.9. The number of rotatable bonds is 2. The van der Waals surface area contributed by atoms with Crippen molar-refractivity contribution in [1.82, 2.24) is 4.90 Å². The van der Waals surface area contributed by atoms with Crippen molar-refractivity contribution in [1.29, 1.82) is 0 Å². The molecule has 0 spiro atoms. The summed E-state index contributed by atoms with van der Waals surface area (Å²) in [5, 5.41) is 0. The molecule has 2 N–H and O–H groups in total. The predicted octanol–water partition coefficient (Wildman–Crippen LogP) is 1.73. The third kappa shape index (κ3) is 2.67. The Balaban J connectivity index is 2.01. The predicted molar refractivity (Wildman–Crippen MR) is 64.4 cm³/mol. The molecule has 0 saturated carbocycles. The average molecular weight is 254 g/mol. The van der Waals surface area contributed by atoms with E-state index in [1.807, 2.05) is 0 Å². The highest BCUT2D eigenvalue weighted by molar-refractivity contribution is 5.94. The number of nitrogens with zero attached hydrogens (tertiary/aromatic N) is 1. The van der Waals surface area contributed by atoms with Crippen molar-refractivity contribution in [2.24, 2.45) is 5.73 Å². The molecular formula is C13H16F2N2O. The van der Waals surface area contributed by atoms with E-state index in [1.54, 1.807) is 4.90 Å². The van der Waals surface area contributed by atoms with Crippen LogP contribution in [0.2, 0.25) is 0 Å². The monoisotopic (exact) mass is 254 g/mol. The topological polar surface area (TPSA) is 46.3 Å². The van der Waals surface area contributed by atoms with Gasteiger partial charge in [-0.05, 0) is 24.3 Å². The van der Waals surface area contributed by atoms with E-state index in [2.05, 4.69) is 0 Å². The first-order valence-corrected chi connectivity index (χ1v) is 5.98. The highest BCUT2D eigenvalue weighted by Gasteiger charge is 2.34. The molecule has 1 aliphatic rings. The largest absolute Gasteiger partial charge is 0.338 e. The number of nitrogens with two attached hydrogens (primary N) is 1. The number of halogens is 2. The second-order valence-electron chi connectivity index (χ2n) is 4.65. The first-order valence-electron chi connectivity index (χ1n) is 5.98. The van der Waals surface area contributed by atoms with Gasteiger partial charge in [0.25, 0.3) is 5.91 Å². The third-order valence-corrected chi connectivity index (χ3v) is 3.40. The van der Waals surface area contributed by atoms with Crippen LogP contribution < -0.4 is 5.73 Å². The van der Waals surface area contributed by atoms with Gasteiger partial charge >= 0.3 is 0 Å². The molecule has 18 heavy (non-hydrogen) atoms. The van der Waals surface area contributed by atoms with Crippen LogP contribution in [0.15, 0.2) is 24.3 Å². The van der Waals surface area contributed by atoms with Gasteiger partial charge in [0.1, 0.15) is 11.5 Å². The molecule has 1 aromatic carbocycles. The van der Waals surface area contributed by atoms with Gasteiger partial charge in [-0.15, -0.1) is 0 Å². The van der Waals surface area contributed by atoms with Crippen molar-refractivity contribution in [3.63, 3.8) is 0 Å². The standard InChI is InChI=1S/C13H16F2N2O/c14-11-3-1-10(2-4-11)12(18)17-7-5-13(15,9-16)6-8-17/h1-4H,5-9,16H2. The van der Waals surface area contributed by atoms with E-state index in [4.69, 9.17) is 5.73 Å². The van der Waals surface area contributed by atoms with Gasteiger partial charge in [-0.3, -0.25) is 4.79 Å². The van der Waals surface area contributed by atoms with E-state index in [0.29, 0.717) is 18.7 Å². The minimum absolute atomic E-state index is 0.00835. The molecule has 0 aliphatic carbocycles. The SMILES string of the molecule is NCC1(F)CCN(C(=O)c2ccc(F)cc2)CC1. The molecule has 5 heteroatoms. The van der Waals surface area contributed by atoms with Crippen LogP contribution >= 0.6 is 0 Å². The minimum Gasteiger partial charge on any atom is -0.338 e. The van der Waals surface area contributed by atoms with Crippen LogP contribution in [0.1, 0.15) is 23.2 Å². The zero-order valence-corrected chi connectivity index (χ0v) is 10.0. The Kier molecular flexibility index (Phi) is 3.61. The zero-order chi connectivity index (χ0) is 13.2. The number of likely N-dealkylation sites (tertiary alicyclic amines) is 1. The zero-order valence-electron chi connectivity index (χ0n) is 10.0. The Bertz CT molecular complexity index is 425. The molecule has 1 aliphatic heterocycles. The van der Waals surface area contributed by atoms with Gasteiger partial charge in [-0.25, -0.2) is 8.78 Å². The van der Waals surface area contributed by atoms with E-state index >= 15 is 0 Å². The second kappa shape index (κ2) is 5.02. The minimum atomic E-state index is -1.35. The van der Waals surface area contributed by atoms with Crippen LogP contribution in [0.25, 0.3) is 0 Å². The first kappa shape index (κ1) is 13.0. The Hall–Kier alpha value is -1.49. The molecule has 2 rings (SSSR count). The lowest BCUT2D eigenvalue weighted by Gasteiger charge is -2.35. The van der Waals surface area contributed by atoms with Crippen molar-refractivity contribution in [2.75, 3.05) is 19.6 Å². The molecule has 1 saturated heterocycles. The number of alkyl halides is 1. The summed E-state index contributed by atoms with van der Waals surface area (Å²) in [4.78, 5) is 13.6. The van der Waals surface area contributed by atoms with Gasteiger partial charge in [0, 0.05) is 38.0 Å². The summed E-state index contributed by atoms with van der Waals surface area (Å²) in [6, 6.07) is 5.38. The van der Waals surface area contributed by atoms with Crippen LogP contribution in [-0.2, 0) is 0 Å². The average Bonchev–Trinajstić information content (AvgIpc) is 2.40. The molecule has 0 aromatic heterocycles. The molecule has 1 aromatic rings. The number of hydrogen-bond acceptors (Lipinski definition) is 2. The molecule has 0 atom stereocenters. The van der Waals surface area contributed by atoms with Crippen LogP contribution in [0.5, 0.6) is 0 Å². The highest BCUT2D eigenvalue weighted by Crippen LogP contribution is 2.26. The van der Waals surface area contributed by atoms with Crippen LogP contribution in [0.3, 0.4) is 0 Å². The van der Waals surface area contributed by atoms with Gasteiger partial charge in [0.15, 0.2) is 0 Å². The number of carbonyl (C=O) groups excluding carboxylic acids is 1.